The molecule has 1 saturated heterocycles. The number of carbonyl (C=O) groups excluding carboxylic acids is 1. The Kier molecular flexibility index (Phi) is 5.09. The normalized spacial score (nSPS) is 18.7. The maximum atomic E-state index is 12.2. The van der Waals surface area contributed by atoms with E-state index in [1.165, 1.54) is 5.56 Å². The van der Waals surface area contributed by atoms with E-state index in [4.69, 9.17) is 4.74 Å². The van der Waals surface area contributed by atoms with Crippen LogP contribution in [0, 0.1) is 0 Å². The lowest BCUT2D eigenvalue weighted by molar-refractivity contribution is 0.0790. The molecule has 144 valence electrons. The monoisotopic (exact) mass is 371 g/mol. The van der Waals surface area contributed by atoms with Crippen LogP contribution in [-0.2, 0) is 6.54 Å². The lowest BCUT2D eigenvalue weighted by Gasteiger charge is -2.39. The third kappa shape index (κ3) is 4.64. The molecule has 8 nitrogen and oxygen atoms in total. The van der Waals surface area contributed by atoms with Crippen LogP contribution in [0.3, 0.4) is 0 Å². The van der Waals surface area contributed by atoms with Crippen LogP contribution in [0.25, 0.3) is 0 Å². The first kappa shape index (κ1) is 17.9. The van der Waals surface area contributed by atoms with Crippen molar-refractivity contribution in [3.05, 3.63) is 41.7 Å². The van der Waals surface area contributed by atoms with Gasteiger partial charge >= 0.3 is 0 Å². The van der Waals surface area contributed by atoms with Crippen LogP contribution >= 0.6 is 0 Å². The van der Waals surface area contributed by atoms with Gasteiger partial charge in [-0.15, -0.1) is 5.10 Å². The van der Waals surface area contributed by atoms with Crippen LogP contribution in [0.4, 0.5) is 0 Å². The number of likely N-dealkylation sites (tertiary alicyclic amines) is 1. The number of aliphatic hydroxyl groups excluding tert-OH is 1. The van der Waals surface area contributed by atoms with E-state index >= 15 is 0 Å². The third-order valence-electron chi connectivity index (χ3n) is 4.78. The summed E-state index contributed by atoms with van der Waals surface area (Å²) in [4.78, 5) is 14.5. The molecule has 1 aliphatic carbocycles. The van der Waals surface area contributed by atoms with E-state index in [1.54, 1.807) is 17.8 Å². The predicted octanol–water partition coefficient (Wildman–Crippen LogP) is 0.987. The second kappa shape index (κ2) is 7.66. The fourth-order valence-corrected chi connectivity index (χ4v) is 3.11. The number of ether oxygens (including phenoxy) is 1. The van der Waals surface area contributed by atoms with Crippen LogP contribution in [0.2, 0.25) is 0 Å². The average molecular weight is 371 g/mol. The summed E-state index contributed by atoms with van der Waals surface area (Å²) in [6, 6.07) is 8.47. The molecule has 1 atom stereocenters. The van der Waals surface area contributed by atoms with Gasteiger partial charge in [0, 0.05) is 19.6 Å². The van der Waals surface area contributed by atoms with E-state index in [1.807, 2.05) is 24.3 Å². The van der Waals surface area contributed by atoms with Crippen LogP contribution in [0.15, 0.2) is 30.5 Å². The Morgan fingerprint density at radius 3 is 2.74 bits per heavy atom. The van der Waals surface area contributed by atoms with Gasteiger partial charge < -0.3 is 15.2 Å². The van der Waals surface area contributed by atoms with Crippen molar-refractivity contribution in [3.8, 4) is 5.75 Å². The number of hydrogen-bond donors (Lipinski definition) is 2. The molecule has 2 aliphatic rings. The minimum Gasteiger partial charge on any atom is -0.491 e. The minimum absolute atomic E-state index is 0.147. The summed E-state index contributed by atoms with van der Waals surface area (Å²) < 4.78 is 7.26. The lowest BCUT2D eigenvalue weighted by Crippen LogP contribution is -2.58. The fraction of sp³-hybridized carbons (Fsp3) is 0.526. The Balaban J connectivity index is 1.19. The molecule has 4 rings (SSSR count). The number of benzene rings is 1. The van der Waals surface area contributed by atoms with Gasteiger partial charge in [-0.1, -0.05) is 17.3 Å². The van der Waals surface area contributed by atoms with E-state index in [9.17, 15) is 9.90 Å². The molecule has 1 unspecified atom stereocenters. The largest absolute Gasteiger partial charge is 0.491 e. The summed E-state index contributed by atoms with van der Waals surface area (Å²) >= 11 is 0. The second-order valence-electron chi connectivity index (χ2n) is 7.48. The van der Waals surface area contributed by atoms with Crippen molar-refractivity contribution >= 4 is 5.91 Å². The molecule has 2 N–H and O–H groups in total. The second-order valence-corrected chi connectivity index (χ2v) is 7.48. The third-order valence-corrected chi connectivity index (χ3v) is 4.78. The van der Waals surface area contributed by atoms with Gasteiger partial charge in [-0.25, -0.2) is 4.68 Å². The molecular weight excluding hydrogens is 346 g/mol. The first-order chi connectivity index (χ1) is 13.1. The molecule has 27 heavy (non-hydrogen) atoms. The Morgan fingerprint density at radius 2 is 2.07 bits per heavy atom. The zero-order valence-electron chi connectivity index (χ0n) is 15.4. The first-order valence-electron chi connectivity index (χ1n) is 9.41. The average Bonchev–Trinajstić information content (AvgIpc) is 3.35. The number of rotatable bonds is 8. The molecule has 1 aromatic carbocycles. The molecule has 2 aromatic rings. The lowest BCUT2D eigenvalue weighted by atomic mass is 10.1. The highest BCUT2D eigenvalue weighted by Crippen LogP contribution is 2.33. The first-order valence-corrected chi connectivity index (χ1v) is 9.41. The smallest absolute Gasteiger partial charge is 0.273 e. The van der Waals surface area contributed by atoms with Crippen molar-refractivity contribution in [1.82, 2.24) is 25.2 Å². The number of amides is 1. The molecule has 2 fully saturated rings. The van der Waals surface area contributed by atoms with Crippen LogP contribution in [0.5, 0.6) is 5.75 Å². The van der Waals surface area contributed by atoms with E-state index in [-0.39, 0.29) is 11.9 Å². The molecule has 2 heterocycles. The molecule has 0 spiro atoms. The van der Waals surface area contributed by atoms with Crippen LogP contribution < -0.4 is 10.1 Å². The topological polar surface area (TPSA) is 92.5 Å². The summed E-state index contributed by atoms with van der Waals surface area (Å²) in [5, 5.41) is 20.3. The van der Waals surface area contributed by atoms with E-state index < -0.39 is 6.10 Å². The number of hydrogen-bond acceptors (Lipinski definition) is 6. The van der Waals surface area contributed by atoms with Crippen molar-refractivity contribution in [1.29, 1.82) is 0 Å². The standard InChI is InChI=1S/C19H25N5O3/c1-13(25)12-27-17-6-2-14(3-7-17)8-23-9-15(10-23)20-19(26)18-11-24(22-21-18)16-4-5-16/h2-3,6-7,11,13,15-16,25H,4-5,8-10,12H2,1H3,(H,20,26). The molecular formula is C19H25N5O3. The van der Waals surface area contributed by atoms with Crippen molar-refractivity contribution in [3.63, 3.8) is 0 Å². The Hall–Kier alpha value is -2.45. The molecule has 0 radical (unpaired) electrons. The summed E-state index contributed by atoms with van der Waals surface area (Å²) in [5.74, 6) is 0.610. The minimum atomic E-state index is -0.476. The van der Waals surface area contributed by atoms with Gasteiger partial charge in [0.2, 0.25) is 0 Å². The van der Waals surface area contributed by atoms with E-state index in [0.29, 0.717) is 18.3 Å². The SMILES string of the molecule is CC(O)COc1ccc(CN2CC(NC(=O)c3cn(C4CC4)nn3)C2)cc1. The highest BCUT2D eigenvalue weighted by atomic mass is 16.5. The van der Waals surface area contributed by atoms with E-state index in [0.717, 1.165) is 38.2 Å². The number of carbonyl (C=O) groups is 1. The van der Waals surface area contributed by atoms with Gasteiger partial charge in [0.05, 0.1) is 24.4 Å². The van der Waals surface area contributed by atoms with Gasteiger partial charge in [-0.3, -0.25) is 9.69 Å². The quantitative estimate of drug-likeness (QED) is 0.719. The number of aromatic nitrogens is 3. The molecule has 1 amide bonds. The Bertz CT molecular complexity index is 779. The number of nitrogens with one attached hydrogen (secondary N) is 1. The zero-order chi connectivity index (χ0) is 18.8. The Labute approximate surface area is 158 Å². The summed E-state index contributed by atoms with van der Waals surface area (Å²) in [7, 11) is 0. The van der Waals surface area contributed by atoms with Gasteiger partial charge in [0.25, 0.3) is 5.91 Å². The van der Waals surface area contributed by atoms with Crippen molar-refractivity contribution in [2.75, 3.05) is 19.7 Å². The highest BCUT2D eigenvalue weighted by Gasteiger charge is 2.30. The Morgan fingerprint density at radius 1 is 1.33 bits per heavy atom. The van der Waals surface area contributed by atoms with Crippen LogP contribution in [-0.4, -0.2) is 62.7 Å². The highest BCUT2D eigenvalue weighted by molar-refractivity contribution is 5.92. The van der Waals surface area contributed by atoms with Gasteiger partial charge in [-0.2, -0.15) is 0 Å². The maximum Gasteiger partial charge on any atom is 0.273 e. The zero-order valence-corrected chi connectivity index (χ0v) is 15.4. The summed E-state index contributed by atoms with van der Waals surface area (Å²) in [6.07, 6.45) is 3.51. The number of aliphatic hydroxyl groups is 1. The molecule has 1 aliphatic heterocycles. The molecule has 1 saturated carbocycles. The van der Waals surface area contributed by atoms with Crippen molar-refractivity contribution < 1.29 is 14.6 Å². The van der Waals surface area contributed by atoms with Crippen molar-refractivity contribution in [2.45, 2.75) is 44.5 Å². The predicted molar refractivity (Wildman–Crippen MR) is 98.4 cm³/mol. The van der Waals surface area contributed by atoms with Crippen LogP contribution in [0.1, 0.15) is 41.9 Å². The molecule has 0 bridgehead atoms. The van der Waals surface area contributed by atoms with E-state index in [2.05, 4.69) is 20.5 Å². The summed E-state index contributed by atoms with van der Waals surface area (Å²) in [5.41, 5.74) is 1.59. The van der Waals surface area contributed by atoms with Gasteiger partial charge in [-0.05, 0) is 37.5 Å². The molecule has 1 aromatic heterocycles. The van der Waals surface area contributed by atoms with Crippen molar-refractivity contribution in [2.24, 2.45) is 0 Å². The van der Waals surface area contributed by atoms with Gasteiger partial charge in [0.15, 0.2) is 5.69 Å². The fourth-order valence-electron chi connectivity index (χ4n) is 3.11. The maximum absolute atomic E-state index is 12.2. The summed E-state index contributed by atoms with van der Waals surface area (Å²) in [6.45, 7) is 4.47. The van der Waals surface area contributed by atoms with Gasteiger partial charge in [0.1, 0.15) is 12.4 Å². The molecule has 8 heteroatoms. The number of nitrogens with zero attached hydrogens (tertiary/aromatic N) is 4.